The number of pyridine rings is 1. The van der Waals surface area contributed by atoms with Gasteiger partial charge in [0.05, 0.1) is 11.7 Å². The van der Waals surface area contributed by atoms with Crippen molar-refractivity contribution in [1.29, 1.82) is 0 Å². The van der Waals surface area contributed by atoms with Gasteiger partial charge in [0.15, 0.2) is 0 Å². The van der Waals surface area contributed by atoms with Gasteiger partial charge >= 0.3 is 0 Å². The first-order valence-electron chi connectivity index (χ1n) is 5.52. The molecule has 3 heteroatoms. The van der Waals surface area contributed by atoms with Gasteiger partial charge in [-0.3, -0.25) is 4.98 Å². The van der Waals surface area contributed by atoms with E-state index in [1.165, 1.54) is 0 Å². The van der Waals surface area contributed by atoms with Gasteiger partial charge in [0.1, 0.15) is 0 Å². The third-order valence-electron chi connectivity index (χ3n) is 2.76. The smallest absolute Gasteiger partial charge is 0.0729 e. The van der Waals surface area contributed by atoms with E-state index in [-0.39, 0.29) is 6.04 Å². The highest BCUT2D eigenvalue weighted by Crippen LogP contribution is 2.23. The number of halogens is 1. The monoisotopic (exact) mass is 246 g/mol. The quantitative estimate of drug-likeness (QED) is 0.882. The van der Waals surface area contributed by atoms with Crippen molar-refractivity contribution in [2.45, 2.75) is 19.9 Å². The summed E-state index contributed by atoms with van der Waals surface area (Å²) in [5.41, 5.74) is 10.4. The molecule has 2 aromatic rings. The van der Waals surface area contributed by atoms with Crippen LogP contribution in [0.4, 0.5) is 0 Å². The van der Waals surface area contributed by atoms with Gasteiger partial charge < -0.3 is 5.73 Å². The first-order chi connectivity index (χ1) is 8.08. The number of nitrogens with two attached hydrogens (primary N) is 1. The average Bonchev–Trinajstić information content (AvgIpc) is 2.28. The number of hydrogen-bond donors (Lipinski definition) is 1. The zero-order valence-electron chi connectivity index (χ0n) is 9.94. The number of rotatable bonds is 2. The van der Waals surface area contributed by atoms with Gasteiger partial charge in [-0.1, -0.05) is 29.8 Å². The van der Waals surface area contributed by atoms with E-state index in [1.807, 2.05) is 44.3 Å². The Morgan fingerprint density at radius 2 is 2.00 bits per heavy atom. The Labute approximate surface area is 106 Å². The number of hydrogen-bond acceptors (Lipinski definition) is 2. The molecule has 1 aromatic heterocycles. The van der Waals surface area contributed by atoms with Gasteiger partial charge in [-0.2, -0.15) is 0 Å². The Kier molecular flexibility index (Phi) is 3.46. The van der Waals surface area contributed by atoms with E-state index >= 15 is 0 Å². The van der Waals surface area contributed by atoms with Gasteiger partial charge in [0, 0.05) is 11.2 Å². The molecule has 88 valence electrons. The number of benzene rings is 1. The molecule has 1 atom stereocenters. The van der Waals surface area contributed by atoms with E-state index in [4.69, 9.17) is 17.3 Å². The SMILES string of the molecule is Cc1cnc(C(N)c2cccc(Cl)c2)c(C)c1. The van der Waals surface area contributed by atoms with Crippen molar-refractivity contribution in [3.8, 4) is 0 Å². The van der Waals surface area contributed by atoms with Crippen molar-refractivity contribution in [3.05, 3.63) is 63.9 Å². The van der Waals surface area contributed by atoms with Gasteiger partial charge in [-0.15, -0.1) is 0 Å². The largest absolute Gasteiger partial charge is 0.319 e. The fourth-order valence-electron chi connectivity index (χ4n) is 1.91. The third-order valence-corrected chi connectivity index (χ3v) is 2.99. The molecule has 1 unspecified atom stereocenters. The summed E-state index contributed by atoms with van der Waals surface area (Å²) in [6.45, 7) is 4.05. The molecular formula is C14H15ClN2. The second-order valence-corrected chi connectivity index (χ2v) is 4.68. The normalized spacial score (nSPS) is 12.5. The Hall–Kier alpha value is -1.38. The van der Waals surface area contributed by atoms with Crippen LogP contribution in [0.1, 0.15) is 28.4 Å². The maximum absolute atomic E-state index is 6.21. The molecule has 0 aliphatic heterocycles. The van der Waals surface area contributed by atoms with Crippen LogP contribution in [0.3, 0.4) is 0 Å². The molecule has 0 saturated carbocycles. The fraction of sp³-hybridized carbons (Fsp3) is 0.214. The number of nitrogens with zero attached hydrogens (tertiary/aromatic N) is 1. The summed E-state index contributed by atoms with van der Waals surface area (Å²) in [6.07, 6.45) is 1.84. The van der Waals surface area contributed by atoms with Gasteiger partial charge in [-0.25, -0.2) is 0 Å². The summed E-state index contributed by atoms with van der Waals surface area (Å²) >= 11 is 5.97. The van der Waals surface area contributed by atoms with Crippen molar-refractivity contribution < 1.29 is 0 Å². The lowest BCUT2D eigenvalue weighted by Gasteiger charge is -2.14. The molecule has 0 aliphatic rings. The molecule has 0 amide bonds. The highest BCUT2D eigenvalue weighted by molar-refractivity contribution is 6.30. The molecule has 1 aromatic carbocycles. The van der Waals surface area contributed by atoms with Crippen molar-refractivity contribution in [2.24, 2.45) is 5.73 Å². The molecule has 1 heterocycles. The average molecular weight is 247 g/mol. The topological polar surface area (TPSA) is 38.9 Å². The van der Waals surface area contributed by atoms with Crippen LogP contribution in [0.2, 0.25) is 5.02 Å². The van der Waals surface area contributed by atoms with Crippen molar-refractivity contribution >= 4 is 11.6 Å². The van der Waals surface area contributed by atoms with Crippen LogP contribution in [0, 0.1) is 13.8 Å². The highest BCUT2D eigenvalue weighted by Gasteiger charge is 2.13. The zero-order chi connectivity index (χ0) is 12.4. The van der Waals surface area contributed by atoms with E-state index in [2.05, 4.69) is 11.1 Å². The maximum Gasteiger partial charge on any atom is 0.0729 e. The minimum Gasteiger partial charge on any atom is -0.319 e. The lowest BCUT2D eigenvalue weighted by Crippen LogP contribution is -2.15. The van der Waals surface area contributed by atoms with Gasteiger partial charge in [-0.05, 0) is 42.7 Å². The molecular weight excluding hydrogens is 232 g/mol. The van der Waals surface area contributed by atoms with Crippen LogP contribution >= 0.6 is 11.6 Å². The standard InChI is InChI=1S/C14H15ClN2/c1-9-6-10(2)14(17-8-9)13(16)11-4-3-5-12(15)7-11/h3-8,13H,16H2,1-2H3. The predicted molar refractivity (Wildman–Crippen MR) is 71.2 cm³/mol. The number of aryl methyl sites for hydroxylation is 2. The molecule has 2 N–H and O–H groups in total. The van der Waals surface area contributed by atoms with Crippen molar-refractivity contribution in [2.75, 3.05) is 0 Å². The fourth-order valence-corrected chi connectivity index (χ4v) is 2.11. The lowest BCUT2D eigenvalue weighted by atomic mass is 10.0. The molecule has 0 saturated heterocycles. The minimum absolute atomic E-state index is 0.228. The van der Waals surface area contributed by atoms with Crippen LogP contribution in [0.15, 0.2) is 36.5 Å². The van der Waals surface area contributed by atoms with Gasteiger partial charge in [0.2, 0.25) is 0 Å². The zero-order valence-corrected chi connectivity index (χ0v) is 10.7. The van der Waals surface area contributed by atoms with Crippen LogP contribution in [0.25, 0.3) is 0 Å². The van der Waals surface area contributed by atoms with E-state index in [9.17, 15) is 0 Å². The van der Waals surface area contributed by atoms with Gasteiger partial charge in [0.25, 0.3) is 0 Å². The molecule has 0 fully saturated rings. The second-order valence-electron chi connectivity index (χ2n) is 4.25. The third kappa shape index (κ3) is 2.65. The molecule has 2 rings (SSSR count). The summed E-state index contributed by atoms with van der Waals surface area (Å²) < 4.78 is 0. The maximum atomic E-state index is 6.21. The van der Waals surface area contributed by atoms with Crippen molar-refractivity contribution in [1.82, 2.24) is 4.98 Å². The van der Waals surface area contributed by atoms with Crippen LogP contribution < -0.4 is 5.73 Å². The summed E-state index contributed by atoms with van der Waals surface area (Å²) in [7, 11) is 0. The summed E-state index contributed by atoms with van der Waals surface area (Å²) in [6, 6.07) is 9.46. The first kappa shape index (κ1) is 12.1. The van der Waals surface area contributed by atoms with Crippen LogP contribution in [-0.2, 0) is 0 Å². The van der Waals surface area contributed by atoms with Crippen LogP contribution in [0.5, 0.6) is 0 Å². The second kappa shape index (κ2) is 4.86. The molecule has 0 aliphatic carbocycles. The summed E-state index contributed by atoms with van der Waals surface area (Å²) in [5.74, 6) is 0. The molecule has 17 heavy (non-hydrogen) atoms. The predicted octanol–water partition coefficient (Wildman–Crippen LogP) is 3.40. The Balaban J connectivity index is 2.40. The molecule has 0 bridgehead atoms. The molecule has 2 nitrogen and oxygen atoms in total. The van der Waals surface area contributed by atoms with E-state index < -0.39 is 0 Å². The van der Waals surface area contributed by atoms with E-state index in [1.54, 1.807) is 0 Å². The Morgan fingerprint density at radius 1 is 1.24 bits per heavy atom. The first-order valence-corrected chi connectivity index (χ1v) is 5.90. The van der Waals surface area contributed by atoms with Crippen molar-refractivity contribution in [3.63, 3.8) is 0 Å². The minimum atomic E-state index is -0.228. The summed E-state index contributed by atoms with van der Waals surface area (Å²) in [4.78, 5) is 4.42. The van der Waals surface area contributed by atoms with Crippen LogP contribution in [-0.4, -0.2) is 4.98 Å². The summed E-state index contributed by atoms with van der Waals surface area (Å²) in [5, 5.41) is 0.697. The molecule has 0 spiro atoms. The Morgan fingerprint density at radius 3 is 2.65 bits per heavy atom. The number of aromatic nitrogens is 1. The Bertz CT molecular complexity index is 537. The highest BCUT2D eigenvalue weighted by atomic mass is 35.5. The van der Waals surface area contributed by atoms with E-state index in [0.717, 1.165) is 22.4 Å². The molecule has 0 radical (unpaired) electrons. The lowest BCUT2D eigenvalue weighted by molar-refractivity contribution is 0.816. The van der Waals surface area contributed by atoms with E-state index in [0.29, 0.717) is 5.02 Å².